The van der Waals surface area contributed by atoms with Crippen LogP contribution in [0.15, 0.2) is 0 Å². The van der Waals surface area contributed by atoms with Gasteiger partial charge in [0.15, 0.2) is 0 Å². The van der Waals surface area contributed by atoms with E-state index in [0.717, 1.165) is 19.3 Å². The fourth-order valence-electron chi connectivity index (χ4n) is 4.83. The topological polar surface area (TPSA) is 40.5 Å². The SMILES string of the molecule is CCC(O)C(C)(C1CCCCC1)C(O)C1CCCCC1. The number of rotatable bonds is 5. The van der Waals surface area contributed by atoms with Crippen molar-refractivity contribution in [2.75, 3.05) is 0 Å². The van der Waals surface area contributed by atoms with Gasteiger partial charge in [0.1, 0.15) is 0 Å². The zero-order valence-electron chi connectivity index (χ0n) is 13.5. The molecule has 2 fully saturated rings. The van der Waals surface area contributed by atoms with Gasteiger partial charge in [-0.25, -0.2) is 0 Å². The van der Waals surface area contributed by atoms with Crippen LogP contribution in [-0.2, 0) is 0 Å². The summed E-state index contributed by atoms with van der Waals surface area (Å²) in [5.74, 6) is 0.917. The van der Waals surface area contributed by atoms with Crippen LogP contribution in [0, 0.1) is 17.3 Å². The third kappa shape index (κ3) is 3.22. The Bertz CT molecular complexity index is 279. The van der Waals surface area contributed by atoms with Gasteiger partial charge in [-0.15, -0.1) is 0 Å². The van der Waals surface area contributed by atoms with Crippen molar-refractivity contribution >= 4 is 0 Å². The van der Waals surface area contributed by atoms with Gasteiger partial charge in [-0.05, 0) is 43.9 Å². The van der Waals surface area contributed by atoms with Gasteiger partial charge in [0.2, 0.25) is 0 Å². The molecule has 2 aliphatic carbocycles. The first-order valence-corrected chi connectivity index (χ1v) is 8.96. The Labute approximate surface area is 125 Å². The molecule has 0 aromatic heterocycles. The normalized spacial score (nSPS) is 28.8. The second-order valence-corrected chi connectivity index (χ2v) is 7.47. The molecule has 20 heavy (non-hydrogen) atoms. The lowest BCUT2D eigenvalue weighted by Gasteiger charge is -2.49. The van der Waals surface area contributed by atoms with Gasteiger partial charge in [-0.1, -0.05) is 52.4 Å². The molecule has 2 N–H and O–H groups in total. The van der Waals surface area contributed by atoms with Gasteiger partial charge in [-0.3, -0.25) is 0 Å². The summed E-state index contributed by atoms with van der Waals surface area (Å²) in [7, 11) is 0. The molecule has 2 saturated carbocycles. The summed E-state index contributed by atoms with van der Waals surface area (Å²) in [4.78, 5) is 0. The van der Waals surface area contributed by atoms with Gasteiger partial charge in [-0.2, -0.15) is 0 Å². The largest absolute Gasteiger partial charge is 0.392 e. The van der Waals surface area contributed by atoms with E-state index in [4.69, 9.17) is 0 Å². The fourth-order valence-corrected chi connectivity index (χ4v) is 4.83. The van der Waals surface area contributed by atoms with Crippen LogP contribution in [0.5, 0.6) is 0 Å². The Hall–Kier alpha value is -0.0800. The van der Waals surface area contributed by atoms with E-state index in [9.17, 15) is 10.2 Å². The maximum Gasteiger partial charge on any atom is 0.0649 e. The Morgan fingerprint density at radius 2 is 1.40 bits per heavy atom. The van der Waals surface area contributed by atoms with Crippen molar-refractivity contribution in [3.63, 3.8) is 0 Å². The van der Waals surface area contributed by atoms with Crippen molar-refractivity contribution in [2.24, 2.45) is 17.3 Å². The summed E-state index contributed by atoms with van der Waals surface area (Å²) in [6.45, 7) is 4.23. The third-order valence-electron chi connectivity index (χ3n) is 6.32. The summed E-state index contributed by atoms with van der Waals surface area (Å²) < 4.78 is 0. The van der Waals surface area contributed by atoms with E-state index in [-0.39, 0.29) is 17.6 Å². The molecule has 3 atom stereocenters. The molecule has 0 spiro atoms. The molecule has 0 saturated heterocycles. The second-order valence-electron chi connectivity index (χ2n) is 7.47. The molecule has 118 valence electrons. The van der Waals surface area contributed by atoms with Crippen molar-refractivity contribution in [1.29, 1.82) is 0 Å². The van der Waals surface area contributed by atoms with Gasteiger partial charge in [0.05, 0.1) is 12.2 Å². The molecular weight excluding hydrogens is 248 g/mol. The van der Waals surface area contributed by atoms with E-state index in [2.05, 4.69) is 13.8 Å². The Morgan fingerprint density at radius 3 is 1.90 bits per heavy atom. The van der Waals surface area contributed by atoms with Crippen molar-refractivity contribution in [1.82, 2.24) is 0 Å². The first-order chi connectivity index (χ1) is 9.60. The average molecular weight is 282 g/mol. The molecule has 0 aromatic carbocycles. The number of aliphatic hydroxyl groups excluding tert-OH is 2. The van der Waals surface area contributed by atoms with Crippen molar-refractivity contribution in [2.45, 2.75) is 96.7 Å². The van der Waals surface area contributed by atoms with Crippen molar-refractivity contribution < 1.29 is 10.2 Å². The van der Waals surface area contributed by atoms with Crippen LogP contribution in [0.1, 0.15) is 84.5 Å². The molecule has 0 radical (unpaired) electrons. The number of aliphatic hydroxyl groups is 2. The van der Waals surface area contributed by atoms with Crippen molar-refractivity contribution in [3.8, 4) is 0 Å². The summed E-state index contributed by atoms with van der Waals surface area (Å²) in [5.41, 5.74) is -0.294. The molecule has 2 rings (SSSR count). The molecule has 2 aliphatic rings. The maximum absolute atomic E-state index is 11.1. The molecule has 2 nitrogen and oxygen atoms in total. The molecule has 0 bridgehead atoms. The second kappa shape index (κ2) is 7.26. The Balaban J connectivity index is 2.15. The summed E-state index contributed by atoms with van der Waals surface area (Å²) in [6, 6.07) is 0. The van der Waals surface area contributed by atoms with Crippen LogP contribution in [0.2, 0.25) is 0 Å². The Kier molecular flexibility index (Phi) is 5.92. The third-order valence-corrected chi connectivity index (χ3v) is 6.32. The van der Waals surface area contributed by atoms with Crippen LogP contribution in [0.4, 0.5) is 0 Å². The van der Waals surface area contributed by atoms with Crippen LogP contribution >= 0.6 is 0 Å². The first-order valence-electron chi connectivity index (χ1n) is 8.96. The van der Waals surface area contributed by atoms with Crippen LogP contribution in [-0.4, -0.2) is 22.4 Å². The first kappa shape index (κ1) is 16.3. The van der Waals surface area contributed by atoms with E-state index in [1.807, 2.05) is 0 Å². The van der Waals surface area contributed by atoms with Gasteiger partial charge >= 0.3 is 0 Å². The highest BCUT2D eigenvalue weighted by Crippen LogP contribution is 2.48. The molecule has 0 aromatic rings. The minimum Gasteiger partial charge on any atom is -0.392 e. The van der Waals surface area contributed by atoms with Crippen molar-refractivity contribution in [3.05, 3.63) is 0 Å². The smallest absolute Gasteiger partial charge is 0.0649 e. The number of hydrogen-bond acceptors (Lipinski definition) is 2. The zero-order valence-corrected chi connectivity index (χ0v) is 13.5. The van der Waals surface area contributed by atoms with Crippen LogP contribution in [0.3, 0.4) is 0 Å². The average Bonchev–Trinajstić information content (AvgIpc) is 2.54. The molecule has 0 amide bonds. The van der Waals surface area contributed by atoms with E-state index >= 15 is 0 Å². The minimum absolute atomic E-state index is 0.294. The van der Waals surface area contributed by atoms with Gasteiger partial charge in [0, 0.05) is 5.41 Å². The van der Waals surface area contributed by atoms with Crippen LogP contribution in [0.25, 0.3) is 0 Å². The van der Waals surface area contributed by atoms with E-state index in [1.54, 1.807) is 0 Å². The molecule has 2 heteroatoms. The standard InChI is InChI=1S/C18H34O2/c1-3-16(19)18(2,15-12-8-5-9-13-15)17(20)14-10-6-4-7-11-14/h14-17,19-20H,3-13H2,1-2H3. The summed E-state index contributed by atoms with van der Waals surface area (Å²) >= 11 is 0. The molecular formula is C18H34O2. The summed E-state index contributed by atoms with van der Waals surface area (Å²) in [6.07, 6.45) is 12.5. The monoisotopic (exact) mass is 282 g/mol. The lowest BCUT2D eigenvalue weighted by molar-refractivity contribution is -0.130. The zero-order chi connectivity index (χ0) is 14.6. The molecule has 0 heterocycles. The summed E-state index contributed by atoms with van der Waals surface area (Å²) in [5, 5.41) is 21.8. The highest BCUT2D eigenvalue weighted by atomic mass is 16.3. The van der Waals surface area contributed by atoms with E-state index in [1.165, 1.54) is 51.4 Å². The highest BCUT2D eigenvalue weighted by Gasteiger charge is 2.48. The molecule has 0 aliphatic heterocycles. The number of hydrogen-bond donors (Lipinski definition) is 2. The predicted molar refractivity (Wildman–Crippen MR) is 83.6 cm³/mol. The lowest BCUT2D eigenvalue weighted by Crippen LogP contribution is -2.52. The Morgan fingerprint density at radius 1 is 0.900 bits per heavy atom. The predicted octanol–water partition coefficient (Wildman–Crippen LogP) is 4.29. The maximum atomic E-state index is 11.1. The van der Waals surface area contributed by atoms with Gasteiger partial charge < -0.3 is 10.2 Å². The van der Waals surface area contributed by atoms with E-state index < -0.39 is 0 Å². The fraction of sp³-hybridized carbons (Fsp3) is 1.00. The van der Waals surface area contributed by atoms with Gasteiger partial charge in [0.25, 0.3) is 0 Å². The van der Waals surface area contributed by atoms with Crippen LogP contribution < -0.4 is 0 Å². The minimum atomic E-state index is -0.359. The highest BCUT2D eigenvalue weighted by molar-refractivity contribution is 4.97. The van der Waals surface area contributed by atoms with E-state index in [0.29, 0.717) is 11.8 Å². The quantitative estimate of drug-likeness (QED) is 0.790. The lowest BCUT2D eigenvalue weighted by atomic mass is 9.59. The molecule has 3 unspecified atom stereocenters.